The smallest absolute Gasteiger partial charge is 0.348 e. The third kappa shape index (κ3) is 3.71. The number of likely N-dealkylation sites (tertiary alicyclic amines) is 1. The molecule has 1 aliphatic rings. The lowest BCUT2D eigenvalue weighted by Crippen LogP contribution is -2.34. The van der Waals surface area contributed by atoms with Crippen LogP contribution in [0, 0.1) is 0 Å². The number of carbonyl (C=O) groups excluding carboxylic acids is 1. The minimum absolute atomic E-state index is 0.141. The van der Waals surface area contributed by atoms with Crippen LogP contribution in [0.25, 0.3) is 10.1 Å². The Balaban J connectivity index is 1.78. The van der Waals surface area contributed by atoms with Gasteiger partial charge in [0.15, 0.2) is 0 Å². The topological polar surface area (TPSA) is 69.6 Å². The number of anilines is 1. The average Bonchev–Trinajstić information content (AvgIpc) is 2.70. The quantitative estimate of drug-likeness (QED) is 0.900. The van der Waals surface area contributed by atoms with Crippen molar-refractivity contribution in [2.45, 2.75) is 25.7 Å². The van der Waals surface area contributed by atoms with Gasteiger partial charge in [-0.3, -0.25) is 9.69 Å². The maximum Gasteiger partial charge on any atom is 0.348 e. The molecule has 0 saturated carbocycles. The summed E-state index contributed by atoms with van der Waals surface area (Å²) in [4.78, 5) is 26.2. The number of hydrogen-bond donors (Lipinski definition) is 2. The van der Waals surface area contributed by atoms with Gasteiger partial charge in [0.25, 0.3) is 0 Å². The van der Waals surface area contributed by atoms with Gasteiger partial charge in [-0.05, 0) is 32.0 Å². The molecule has 1 saturated heterocycles. The Kier molecular flexibility index (Phi) is 4.93. The van der Waals surface area contributed by atoms with E-state index in [0.717, 1.165) is 36.0 Å². The number of carboxylic acids is 1. The van der Waals surface area contributed by atoms with E-state index in [1.807, 2.05) is 24.3 Å². The van der Waals surface area contributed by atoms with Crippen molar-refractivity contribution < 1.29 is 14.7 Å². The van der Waals surface area contributed by atoms with Crippen molar-refractivity contribution in [1.29, 1.82) is 0 Å². The first kappa shape index (κ1) is 16.0. The third-order valence-corrected chi connectivity index (χ3v) is 5.28. The molecule has 1 fully saturated rings. The molecular formula is C17H20N2O3S. The van der Waals surface area contributed by atoms with Crippen molar-refractivity contribution in [2.75, 3.05) is 25.0 Å². The van der Waals surface area contributed by atoms with Gasteiger partial charge in [-0.2, -0.15) is 0 Å². The number of carboxylic acid groups (broad SMARTS) is 1. The molecule has 1 amide bonds. The van der Waals surface area contributed by atoms with Gasteiger partial charge < -0.3 is 10.4 Å². The molecule has 23 heavy (non-hydrogen) atoms. The standard InChI is InChI=1S/C17H20N2O3S/c20-14(11-19-9-5-1-2-6-10-19)18-15-12-7-3-4-8-13(12)23-16(15)17(21)22/h3-4,7-8H,1-2,5-6,9-11H2,(H,18,20)(H,21,22). The molecule has 2 N–H and O–H groups in total. The molecule has 6 heteroatoms. The van der Waals surface area contributed by atoms with Crippen LogP contribution in [0.1, 0.15) is 35.4 Å². The van der Waals surface area contributed by atoms with E-state index in [1.54, 1.807) is 0 Å². The van der Waals surface area contributed by atoms with Gasteiger partial charge in [-0.1, -0.05) is 31.0 Å². The average molecular weight is 332 g/mol. The molecule has 0 spiro atoms. The Morgan fingerprint density at radius 3 is 2.52 bits per heavy atom. The summed E-state index contributed by atoms with van der Waals surface area (Å²) in [5, 5.41) is 13.0. The summed E-state index contributed by atoms with van der Waals surface area (Å²) >= 11 is 1.20. The van der Waals surface area contributed by atoms with Crippen LogP contribution in [-0.2, 0) is 4.79 Å². The molecule has 0 bridgehead atoms. The monoisotopic (exact) mass is 332 g/mol. The van der Waals surface area contributed by atoms with Crippen LogP contribution in [0.3, 0.4) is 0 Å². The number of nitrogens with one attached hydrogen (secondary N) is 1. The van der Waals surface area contributed by atoms with Crippen LogP contribution in [0.15, 0.2) is 24.3 Å². The fourth-order valence-electron chi connectivity index (χ4n) is 3.00. The van der Waals surface area contributed by atoms with E-state index in [2.05, 4.69) is 10.2 Å². The Bertz CT molecular complexity index is 718. The largest absolute Gasteiger partial charge is 0.477 e. The van der Waals surface area contributed by atoms with Gasteiger partial charge in [0, 0.05) is 10.1 Å². The van der Waals surface area contributed by atoms with Crippen LogP contribution in [-0.4, -0.2) is 41.5 Å². The van der Waals surface area contributed by atoms with Crippen LogP contribution in [0.5, 0.6) is 0 Å². The number of aromatic carboxylic acids is 1. The second-order valence-corrected chi connectivity index (χ2v) is 6.90. The number of rotatable bonds is 4. The van der Waals surface area contributed by atoms with E-state index in [1.165, 1.54) is 24.2 Å². The molecule has 122 valence electrons. The molecule has 1 aliphatic heterocycles. The summed E-state index contributed by atoms with van der Waals surface area (Å²) < 4.78 is 0.870. The summed E-state index contributed by atoms with van der Waals surface area (Å²) in [5.41, 5.74) is 0.429. The Morgan fingerprint density at radius 1 is 1.13 bits per heavy atom. The van der Waals surface area contributed by atoms with Crippen molar-refractivity contribution in [1.82, 2.24) is 4.90 Å². The molecule has 1 aromatic heterocycles. The fourth-order valence-corrected chi connectivity index (χ4v) is 3.99. The third-order valence-electron chi connectivity index (χ3n) is 4.12. The highest BCUT2D eigenvalue weighted by atomic mass is 32.1. The van der Waals surface area contributed by atoms with Gasteiger partial charge in [0.1, 0.15) is 4.88 Å². The second-order valence-electron chi connectivity index (χ2n) is 5.85. The number of amides is 1. The molecule has 0 unspecified atom stereocenters. The molecule has 5 nitrogen and oxygen atoms in total. The summed E-state index contributed by atoms with van der Waals surface area (Å²) in [5.74, 6) is -1.14. The first-order valence-electron chi connectivity index (χ1n) is 7.92. The highest BCUT2D eigenvalue weighted by Gasteiger charge is 2.20. The molecular weight excluding hydrogens is 312 g/mol. The van der Waals surface area contributed by atoms with Crippen molar-refractivity contribution in [2.24, 2.45) is 0 Å². The maximum absolute atomic E-state index is 12.4. The zero-order chi connectivity index (χ0) is 16.2. The number of carbonyl (C=O) groups is 2. The molecule has 0 radical (unpaired) electrons. The Labute approximate surface area is 138 Å². The van der Waals surface area contributed by atoms with Gasteiger partial charge in [0.05, 0.1) is 12.2 Å². The van der Waals surface area contributed by atoms with Crippen LogP contribution in [0.2, 0.25) is 0 Å². The fraction of sp³-hybridized carbons (Fsp3) is 0.412. The summed E-state index contributed by atoms with van der Waals surface area (Å²) in [7, 11) is 0. The lowest BCUT2D eigenvalue weighted by Gasteiger charge is -2.19. The van der Waals surface area contributed by atoms with E-state index < -0.39 is 5.97 Å². The van der Waals surface area contributed by atoms with Gasteiger partial charge in [0.2, 0.25) is 5.91 Å². The maximum atomic E-state index is 12.4. The van der Waals surface area contributed by atoms with E-state index in [0.29, 0.717) is 12.2 Å². The Morgan fingerprint density at radius 2 is 1.83 bits per heavy atom. The Hall–Kier alpha value is -1.92. The highest BCUT2D eigenvalue weighted by Crippen LogP contribution is 2.35. The summed E-state index contributed by atoms with van der Waals surface area (Å²) in [6.07, 6.45) is 4.68. The number of benzene rings is 1. The number of hydrogen-bond acceptors (Lipinski definition) is 4. The highest BCUT2D eigenvalue weighted by molar-refractivity contribution is 7.21. The van der Waals surface area contributed by atoms with E-state index in [9.17, 15) is 14.7 Å². The second kappa shape index (κ2) is 7.10. The SMILES string of the molecule is O=C(CN1CCCCCC1)Nc1c(C(=O)O)sc2ccccc12. The lowest BCUT2D eigenvalue weighted by molar-refractivity contribution is -0.117. The van der Waals surface area contributed by atoms with Crippen LogP contribution < -0.4 is 5.32 Å². The van der Waals surface area contributed by atoms with E-state index in [-0.39, 0.29) is 10.8 Å². The van der Waals surface area contributed by atoms with Crippen LogP contribution in [0.4, 0.5) is 5.69 Å². The van der Waals surface area contributed by atoms with Crippen LogP contribution >= 0.6 is 11.3 Å². The van der Waals surface area contributed by atoms with Gasteiger partial charge in [-0.25, -0.2) is 4.79 Å². The van der Waals surface area contributed by atoms with E-state index >= 15 is 0 Å². The first-order valence-corrected chi connectivity index (χ1v) is 8.74. The molecule has 0 aliphatic carbocycles. The molecule has 2 heterocycles. The number of nitrogens with zero attached hydrogens (tertiary/aromatic N) is 1. The first-order chi connectivity index (χ1) is 11.1. The molecule has 0 atom stereocenters. The zero-order valence-corrected chi connectivity index (χ0v) is 13.7. The lowest BCUT2D eigenvalue weighted by atomic mass is 10.2. The minimum atomic E-state index is -1.00. The molecule has 3 rings (SSSR count). The minimum Gasteiger partial charge on any atom is -0.477 e. The number of fused-ring (bicyclic) bond motifs is 1. The van der Waals surface area contributed by atoms with Gasteiger partial charge in [-0.15, -0.1) is 11.3 Å². The summed E-state index contributed by atoms with van der Waals surface area (Å²) in [6.45, 7) is 2.19. The van der Waals surface area contributed by atoms with Crippen molar-refractivity contribution in [3.63, 3.8) is 0 Å². The van der Waals surface area contributed by atoms with Crippen molar-refractivity contribution in [3.8, 4) is 0 Å². The van der Waals surface area contributed by atoms with Gasteiger partial charge >= 0.3 is 5.97 Å². The van der Waals surface area contributed by atoms with Crippen molar-refractivity contribution >= 4 is 39.0 Å². The molecule has 1 aromatic carbocycles. The number of thiophene rings is 1. The normalized spacial score (nSPS) is 16.2. The molecule has 2 aromatic rings. The zero-order valence-electron chi connectivity index (χ0n) is 12.9. The van der Waals surface area contributed by atoms with E-state index in [4.69, 9.17) is 0 Å². The summed E-state index contributed by atoms with van der Waals surface area (Å²) in [6, 6.07) is 7.44. The van der Waals surface area contributed by atoms with Crippen molar-refractivity contribution in [3.05, 3.63) is 29.1 Å². The predicted octanol–water partition coefficient (Wildman–Crippen LogP) is 3.41. The predicted molar refractivity (Wildman–Crippen MR) is 92.3 cm³/mol.